The third-order valence-corrected chi connectivity index (χ3v) is 8.69. The first kappa shape index (κ1) is 31.4. The maximum absolute atomic E-state index is 14.6. The molecule has 5 rings (SSSR count). The number of nitrogens with one attached hydrogen (secondary N) is 1. The van der Waals surface area contributed by atoms with Crippen molar-refractivity contribution in [3.05, 3.63) is 64.6 Å². The van der Waals surface area contributed by atoms with Gasteiger partial charge in [0.25, 0.3) is 17.7 Å². The second-order valence-electron chi connectivity index (χ2n) is 11.6. The van der Waals surface area contributed by atoms with E-state index in [0.717, 1.165) is 0 Å². The number of likely N-dealkylation sites (N-methyl/N-ethyl adjacent to an activating group) is 1. The first-order valence-corrected chi connectivity index (χ1v) is 14.4. The molecule has 2 aliphatic rings. The van der Waals surface area contributed by atoms with Crippen LogP contribution >= 0.6 is 11.6 Å². The average molecular weight is 632 g/mol. The second-order valence-corrected chi connectivity index (χ2v) is 12.0. The summed E-state index contributed by atoms with van der Waals surface area (Å²) >= 11 is 6.46. The van der Waals surface area contributed by atoms with Crippen molar-refractivity contribution in [3.8, 4) is 17.0 Å². The molecule has 0 unspecified atom stereocenters. The highest BCUT2D eigenvalue weighted by atomic mass is 35.5. The third-order valence-electron chi connectivity index (χ3n) is 8.38. The molecular weight excluding hydrogens is 598 g/mol. The summed E-state index contributed by atoms with van der Waals surface area (Å²) in [6.45, 7) is 1.95. The van der Waals surface area contributed by atoms with Gasteiger partial charge in [-0.3, -0.25) is 14.4 Å². The Hall–Kier alpha value is -4.07. The molecular formula is C30H34ClF2N6O5+. The van der Waals surface area contributed by atoms with E-state index < -0.39 is 23.6 Å². The van der Waals surface area contributed by atoms with Crippen LogP contribution < -0.4 is 10.1 Å². The van der Waals surface area contributed by atoms with Crippen molar-refractivity contribution in [2.45, 2.75) is 18.6 Å². The van der Waals surface area contributed by atoms with Crippen LogP contribution in [-0.4, -0.2) is 113 Å². The van der Waals surface area contributed by atoms with Gasteiger partial charge in [0.05, 0.1) is 43.7 Å². The smallest absolute Gasteiger partial charge is 0.291 e. The number of aromatic nitrogens is 2. The molecule has 14 heteroatoms. The molecule has 44 heavy (non-hydrogen) atoms. The monoisotopic (exact) mass is 631 g/mol. The van der Waals surface area contributed by atoms with Gasteiger partial charge < -0.3 is 34.0 Å². The number of piperazine rings is 1. The second kappa shape index (κ2) is 12.1. The zero-order valence-corrected chi connectivity index (χ0v) is 25.6. The Bertz CT molecular complexity index is 1620. The van der Waals surface area contributed by atoms with Gasteiger partial charge in [-0.2, -0.15) is 4.39 Å². The number of rotatable bonds is 6. The Morgan fingerprint density at radius 1 is 1.07 bits per heavy atom. The van der Waals surface area contributed by atoms with Crippen LogP contribution in [0.15, 0.2) is 36.5 Å². The predicted octanol–water partition coefficient (Wildman–Crippen LogP) is 2.77. The van der Waals surface area contributed by atoms with Gasteiger partial charge in [0.15, 0.2) is 23.4 Å². The van der Waals surface area contributed by atoms with Crippen molar-refractivity contribution >= 4 is 35.0 Å². The van der Waals surface area contributed by atoms with Gasteiger partial charge in [-0.15, -0.1) is 0 Å². The van der Waals surface area contributed by atoms with Crippen LogP contribution in [0.3, 0.4) is 0 Å². The number of anilines is 1. The number of carbonyl (C=O) groups excluding carboxylic acids is 3. The van der Waals surface area contributed by atoms with Gasteiger partial charge in [-0.05, 0) is 30.3 Å². The fraction of sp³-hybridized carbons (Fsp3) is 0.400. The van der Waals surface area contributed by atoms with E-state index in [0.29, 0.717) is 49.3 Å². The topological polar surface area (TPSA) is 117 Å². The van der Waals surface area contributed by atoms with Crippen molar-refractivity contribution in [1.82, 2.24) is 19.4 Å². The van der Waals surface area contributed by atoms with Gasteiger partial charge in [-0.1, -0.05) is 11.6 Å². The van der Waals surface area contributed by atoms with Crippen LogP contribution in [0.2, 0.25) is 5.02 Å². The molecule has 11 nitrogen and oxygen atoms in total. The molecule has 2 aromatic carbocycles. The first-order valence-electron chi connectivity index (χ1n) is 14.1. The van der Waals surface area contributed by atoms with Crippen LogP contribution in [0.1, 0.15) is 27.4 Å². The SMILES string of the molecule is COc1ccc(-c2cnc(C(=O)Nc3ccc(C(=O)N4CCN(C(=O)[C@@H]5C[C@H](O)C[N+]5(C)C)CC4)c(Cl)c3)n2C)c(F)c1F. The Labute approximate surface area is 258 Å². The van der Waals surface area contributed by atoms with Crippen molar-refractivity contribution in [2.24, 2.45) is 7.05 Å². The van der Waals surface area contributed by atoms with E-state index >= 15 is 0 Å². The minimum absolute atomic E-state index is 0.0158. The van der Waals surface area contributed by atoms with Crippen LogP contribution in [0.5, 0.6) is 5.75 Å². The zero-order chi connectivity index (χ0) is 31.9. The number of imidazole rings is 1. The van der Waals surface area contributed by atoms with E-state index in [2.05, 4.69) is 10.3 Å². The predicted molar refractivity (Wildman–Crippen MR) is 158 cm³/mol. The number of halogens is 3. The van der Waals surface area contributed by atoms with Crippen molar-refractivity contribution in [2.75, 3.05) is 59.2 Å². The van der Waals surface area contributed by atoms with Crippen LogP contribution in [-0.2, 0) is 11.8 Å². The minimum atomic E-state index is -1.15. The van der Waals surface area contributed by atoms with Crippen molar-refractivity contribution < 1.29 is 37.5 Å². The molecule has 2 aliphatic heterocycles. The molecule has 2 atom stereocenters. The molecule has 0 bridgehead atoms. The van der Waals surface area contributed by atoms with E-state index in [4.69, 9.17) is 16.3 Å². The first-order chi connectivity index (χ1) is 20.8. The van der Waals surface area contributed by atoms with Gasteiger partial charge >= 0.3 is 0 Å². The molecule has 3 amide bonds. The lowest BCUT2D eigenvalue weighted by Crippen LogP contribution is -2.58. The number of carbonyl (C=O) groups is 3. The Morgan fingerprint density at radius 3 is 2.36 bits per heavy atom. The number of likely N-dealkylation sites (tertiary alicyclic amines) is 1. The lowest BCUT2D eigenvalue weighted by Gasteiger charge is -2.38. The van der Waals surface area contributed by atoms with E-state index in [9.17, 15) is 28.3 Å². The maximum Gasteiger partial charge on any atom is 0.291 e. The van der Waals surface area contributed by atoms with Crippen molar-refractivity contribution in [3.63, 3.8) is 0 Å². The number of aliphatic hydroxyl groups is 1. The van der Waals surface area contributed by atoms with E-state index in [1.165, 1.54) is 55.3 Å². The summed E-state index contributed by atoms with van der Waals surface area (Å²) in [5.74, 6) is -3.52. The number of quaternary nitrogens is 1. The molecule has 0 aliphatic carbocycles. The van der Waals surface area contributed by atoms with Crippen LogP contribution in [0.4, 0.5) is 14.5 Å². The summed E-state index contributed by atoms with van der Waals surface area (Å²) in [6.07, 6.45) is 1.18. The number of hydrogen-bond donors (Lipinski definition) is 2. The number of hydrogen-bond acceptors (Lipinski definition) is 6. The molecule has 3 aromatic rings. The summed E-state index contributed by atoms with van der Waals surface area (Å²) in [6, 6.07) is 6.80. The lowest BCUT2D eigenvalue weighted by atomic mass is 10.1. The molecule has 0 radical (unpaired) electrons. The molecule has 3 heterocycles. The van der Waals surface area contributed by atoms with Gasteiger partial charge in [-0.25, -0.2) is 9.37 Å². The molecule has 0 saturated carbocycles. The maximum atomic E-state index is 14.6. The summed E-state index contributed by atoms with van der Waals surface area (Å²) in [5, 5.41) is 12.8. The highest BCUT2D eigenvalue weighted by molar-refractivity contribution is 6.34. The summed E-state index contributed by atoms with van der Waals surface area (Å²) in [4.78, 5) is 46.9. The fourth-order valence-electron chi connectivity index (χ4n) is 5.91. The lowest BCUT2D eigenvalue weighted by molar-refractivity contribution is -0.894. The summed E-state index contributed by atoms with van der Waals surface area (Å²) in [7, 11) is 6.60. The number of ether oxygens (including phenoxy) is 1. The number of amides is 3. The van der Waals surface area contributed by atoms with Crippen LogP contribution in [0.25, 0.3) is 11.3 Å². The molecule has 2 saturated heterocycles. The van der Waals surface area contributed by atoms with Gasteiger partial charge in [0.1, 0.15) is 12.6 Å². The zero-order valence-electron chi connectivity index (χ0n) is 24.8. The summed E-state index contributed by atoms with van der Waals surface area (Å²) in [5.41, 5.74) is 0.641. The van der Waals surface area contributed by atoms with Gasteiger partial charge in [0.2, 0.25) is 5.82 Å². The molecule has 2 N–H and O–H groups in total. The summed E-state index contributed by atoms with van der Waals surface area (Å²) < 4.78 is 35.5. The van der Waals surface area contributed by atoms with E-state index in [1.54, 1.807) is 9.80 Å². The van der Waals surface area contributed by atoms with Gasteiger partial charge in [0, 0.05) is 50.9 Å². The quantitative estimate of drug-likeness (QED) is 0.404. The molecule has 234 valence electrons. The van der Waals surface area contributed by atoms with Crippen molar-refractivity contribution in [1.29, 1.82) is 0 Å². The largest absolute Gasteiger partial charge is 0.494 e. The Balaban J connectivity index is 1.22. The average Bonchev–Trinajstić information content (AvgIpc) is 3.50. The van der Waals surface area contributed by atoms with Crippen LogP contribution in [0, 0.1) is 11.6 Å². The molecule has 0 spiro atoms. The van der Waals surface area contributed by atoms with E-state index in [1.807, 2.05) is 14.1 Å². The third kappa shape index (κ3) is 5.86. The number of nitrogens with zero attached hydrogens (tertiary/aromatic N) is 5. The highest BCUT2D eigenvalue weighted by Crippen LogP contribution is 2.31. The fourth-order valence-corrected chi connectivity index (χ4v) is 6.17. The van der Waals surface area contributed by atoms with E-state index in [-0.39, 0.29) is 51.3 Å². The Kier molecular flexibility index (Phi) is 8.65. The molecule has 2 fully saturated rings. The number of aliphatic hydroxyl groups excluding tert-OH is 1. The number of methoxy groups -OCH3 is 1. The Morgan fingerprint density at radius 2 is 1.75 bits per heavy atom. The highest BCUT2D eigenvalue weighted by Gasteiger charge is 2.46. The standard InChI is InChI=1S/C30H33ClF2N6O5/c1-36-22(20-7-8-24(44-4)26(33)25(20)32)15-34-27(36)28(41)35-17-5-6-19(21(31)13-17)29(42)37-9-11-38(12-10-37)30(43)23-14-18(40)16-39(23,2)3/h5-8,13,15,18,23,40H,9-12,14,16H2,1-4H3/p+1/t18-,23-/m0/s1. The normalized spacial score (nSPS) is 19.6. The molecule has 1 aromatic heterocycles. The minimum Gasteiger partial charge on any atom is -0.494 e. The number of benzene rings is 2.